The third-order valence-corrected chi connectivity index (χ3v) is 2.66. The Morgan fingerprint density at radius 3 is 2.50 bits per heavy atom. The maximum atomic E-state index is 10.7. The molecule has 12 heavy (non-hydrogen) atoms. The second-order valence-electron chi connectivity index (χ2n) is 4.10. The molecule has 1 aliphatic carbocycles. The van der Waals surface area contributed by atoms with E-state index >= 15 is 0 Å². The molecule has 68 valence electrons. The maximum absolute atomic E-state index is 10.7. The summed E-state index contributed by atoms with van der Waals surface area (Å²) in [7, 11) is 0. The predicted octanol–water partition coefficient (Wildman–Crippen LogP) is 1.68. The second kappa shape index (κ2) is 3.02. The molecule has 1 atom stereocenters. The van der Waals surface area contributed by atoms with Crippen LogP contribution in [0.4, 0.5) is 0 Å². The van der Waals surface area contributed by atoms with Crippen LogP contribution in [0.15, 0.2) is 11.1 Å². The normalized spacial score (nSPS) is 24.8. The summed E-state index contributed by atoms with van der Waals surface area (Å²) in [6, 6.07) is 0. The summed E-state index contributed by atoms with van der Waals surface area (Å²) in [6.45, 7) is 5.50. The molecule has 0 aromatic heterocycles. The molecule has 0 heterocycles. The highest BCUT2D eigenvalue weighted by Crippen LogP contribution is 2.37. The van der Waals surface area contributed by atoms with Crippen LogP contribution in [-0.4, -0.2) is 17.0 Å². The zero-order valence-electron chi connectivity index (χ0n) is 7.92. The molecule has 2 heteroatoms. The van der Waals surface area contributed by atoms with Crippen molar-refractivity contribution in [2.45, 2.75) is 39.2 Å². The standard InChI is InChI=1S/C10H16O2/c1-7-4-5-9(8(7)6-11)10(2,3)12/h6,9,12H,4-5H2,1-3H3/t9-/m0/s1. The van der Waals surface area contributed by atoms with Gasteiger partial charge in [-0.05, 0) is 39.2 Å². The first-order valence-corrected chi connectivity index (χ1v) is 4.34. The van der Waals surface area contributed by atoms with Crippen molar-refractivity contribution >= 4 is 6.29 Å². The predicted molar refractivity (Wildman–Crippen MR) is 47.8 cm³/mol. The smallest absolute Gasteiger partial charge is 0.146 e. The zero-order chi connectivity index (χ0) is 9.35. The van der Waals surface area contributed by atoms with Gasteiger partial charge in [-0.25, -0.2) is 0 Å². The van der Waals surface area contributed by atoms with Gasteiger partial charge in [0.25, 0.3) is 0 Å². The van der Waals surface area contributed by atoms with Gasteiger partial charge in [0.15, 0.2) is 0 Å². The average Bonchev–Trinajstić information content (AvgIpc) is 2.29. The number of hydrogen-bond donors (Lipinski definition) is 1. The first kappa shape index (κ1) is 9.46. The Morgan fingerprint density at radius 1 is 1.58 bits per heavy atom. The zero-order valence-corrected chi connectivity index (χ0v) is 7.92. The Hall–Kier alpha value is -0.630. The lowest BCUT2D eigenvalue weighted by molar-refractivity contribution is -0.106. The molecule has 2 nitrogen and oxygen atoms in total. The van der Waals surface area contributed by atoms with E-state index in [0.29, 0.717) is 0 Å². The number of aldehydes is 1. The van der Waals surface area contributed by atoms with Gasteiger partial charge in [-0.1, -0.05) is 5.57 Å². The lowest BCUT2D eigenvalue weighted by Gasteiger charge is -2.26. The van der Waals surface area contributed by atoms with Gasteiger partial charge in [-0.3, -0.25) is 4.79 Å². The molecule has 0 fully saturated rings. The van der Waals surface area contributed by atoms with Crippen molar-refractivity contribution in [3.05, 3.63) is 11.1 Å². The third-order valence-electron chi connectivity index (χ3n) is 2.66. The first-order valence-electron chi connectivity index (χ1n) is 4.34. The van der Waals surface area contributed by atoms with Crippen LogP contribution in [0.2, 0.25) is 0 Å². The number of rotatable bonds is 2. The van der Waals surface area contributed by atoms with Crippen molar-refractivity contribution in [1.82, 2.24) is 0 Å². The second-order valence-corrected chi connectivity index (χ2v) is 4.10. The first-order chi connectivity index (χ1) is 5.46. The number of hydrogen-bond acceptors (Lipinski definition) is 2. The van der Waals surface area contributed by atoms with E-state index in [0.717, 1.165) is 30.3 Å². The molecule has 0 unspecified atom stereocenters. The van der Waals surface area contributed by atoms with E-state index in [1.165, 1.54) is 0 Å². The van der Waals surface area contributed by atoms with Crippen molar-refractivity contribution in [2.24, 2.45) is 5.92 Å². The summed E-state index contributed by atoms with van der Waals surface area (Å²) >= 11 is 0. The van der Waals surface area contributed by atoms with E-state index in [9.17, 15) is 9.90 Å². The molecule has 0 spiro atoms. The van der Waals surface area contributed by atoms with Gasteiger partial charge in [0.1, 0.15) is 6.29 Å². The molecule has 1 rings (SSSR count). The van der Waals surface area contributed by atoms with Gasteiger partial charge >= 0.3 is 0 Å². The maximum Gasteiger partial charge on any atom is 0.146 e. The van der Waals surface area contributed by atoms with E-state index in [1.807, 2.05) is 6.92 Å². The van der Waals surface area contributed by atoms with Crippen LogP contribution in [0.1, 0.15) is 33.6 Å². The van der Waals surface area contributed by atoms with Crippen molar-refractivity contribution < 1.29 is 9.90 Å². The molecule has 0 aromatic rings. The van der Waals surface area contributed by atoms with Gasteiger partial charge < -0.3 is 5.11 Å². The quantitative estimate of drug-likeness (QED) is 0.637. The molecular weight excluding hydrogens is 152 g/mol. The molecule has 0 saturated carbocycles. The monoisotopic (exact) mass is 168 g/mol. The fraction of sp³-hybridized carbons (Fsp3) is 0.700. The summed E-state index contributed by atoms with van der Waals surface area (Å²) in [6.07, 6.45) is 2.75. The fourth-order valence-electron chi connectivity index (χ4n) is 1.87. The fourth-order valence-corrected chi connectivity index (χ4v) is 1.87. The highest BCUT2D eigenvalue weighted by molar-refractivity contribution is 5.76. The van der Waals surface area contributed by atoms with Crippen LogP contribution in [0.25, 0.3) is 0 Å². The van der Waals surface area contributed by atoms with Crippen molar-refractivity contribution in [3.63, 3.8) is 0 Å². The lowest BCUT2D eigenvalue weighted by Crippen LogP contribution is -2.30. The highest BCUT2D eigenvalue weighted by atomic mass is 16.3. The van der Waals surface area contributed by atoms with Gasteiger partial charge in [0.05, 0.1) is 5.60 Å². The summed E-state index contributed by atoms with van der Waals surface area (Å²) in [5.74, 6) is 0.0370. The number of carbonyl (C=O) groups excluding carboxylic acids is 1. The molecule has 1 N–H and O–H groups in total. The van der Waals surface area contributed by atoms with Crippen LogP contribution >= 0.6 is 0 Å². The minimum Gasteiger partial charge on any atom is -0.390 e. The van der Waals surface area contributed by atoms with E-state index in [2.05, 4.69) is 0 Å². The van der Waals surface area contributed by atoms with Gasteiger partial charge in [-0.15, -0.1) is 0 Å². The van der Waals surface area contributed by atoms with E-state index < -0.39 is 5.60 Å². The van der Waals surface area contributed by atoms with Crippen molar-refractivity contribution in [3.8, 4) is 0 Å². The van der Waals surface area contributed by atoms with E-state index in [-0.39, 0.29) is 5.92 Å². The topological polar surface area (TPSA) is 37.3 Å². The average molecular weight is 168 g/mol. The Labute approximate surface area is 73.3 Å². The van der Waals surface area contributed by atoms with Crippen LogP contribution in [0.3, 0.4) is 0 Å². The molecule has 0 aliphatic heterocycles. The largest absolute Gasteiger partial charge is 0.390 e. The van der Waals surface area contributed by atoms with Gasteiger partial charge in [0, 0.05) is 5.92 Å². The Balaban J connectivity index is 2.90. The molecule has 1 aliphatic rings. The molecule has 0 radical (unpaired) electrons. The minimum absolute atomic E-state index is 0.0370. The van der Waals surface area contributed by atoms with Crippen LogP contribution in [0, 0.1) is 5.92 Å². The molecule has 0 bridgehead atoms. The summed E-state index contributed by atoms with van der Waals surface area (Å²) in [5.41, 5.74) is 1.19. The van der Waals surface area contributed by atoms with Gasteiger partial charge in [-0.2, -0.15) is 0 Å². The molecule has 0 amide bonds. The van der Waals surface area contributed by atoms with Crippen LogP contribution in [-0.2, 0) is 4.79 Å². The minimum atomic E-state index is -0.756. The molecular formula is C10H16O2. The Kier molecular flexibility index (Phi) is 2.38. The Morgan fingerprint density at radius 2 is 2.17 bits per heavy atom. The molecule has 0 saturated heterocycles. The number of aliphatic hydroxyl groups is 1. The third kappa shape index (κ3) is 1.58. The summed E-state index contributed by atoms with van der Waals surface area (Å²) < 4.78 is 0. The lowest BCUT2D eigenvalue weighted by atomic mass is 9.86. The number of allylic oxidation sites excluding steroid dienone is 1. The van der Waals surface area contributed by atoms with Crippen molar-refractivity contribution in [2.75, 3.05) is 0 Å². The Bertz CT molecular complexity index is 220. The van der Waals surface area contributed by atoms with E-state index in [4.69, 9.17) is 0 Å². The van der Waals surface area contributed by atoms with Crippen LogP contribution < -0.4 is 0 Å². The SMILES string of the molecule is CC1=C(C=O)[C@@H](C(C)(C)O)CC1. The summed E-state index contributed by atoms with van der Waals surface area (Å²) in [5, 5.41) is 9.74. The summed E-state index contributed by atoms with van der Waals surface area (Å²) in [4.78, 5) is 10.7. The van der Waals surface area contributed by atoms with Gasteiger partial charge in [0.2, 0.25) is 0 Å². The van der Waals surface area contributed by atoms with Crippen molar-refractivity contribution in [1.29, 1.82) is 0 Å². The molecule has 0 aromatic carbocycles. The van der Waals surface area contributed by atoms with Crippen LogP contribution in [0.5, 0.6) is 0 Å². The number of carbonyl (C=O) groups is 1. The highest BCUT2D eigenvalue weighted by Gasteiger charge is 2.34. The van der Waals surface area contributed by atoms with E-state index in [1.54, 1.807) is 13.8 Å².